The van der Waals surface area contributed by atoms with Gasteiger partial charge in [0.05, 0.1) is 29.6 Å². The number of piperidine rings is 1. The molecule has 1 unspecified atom stereocenters. The fraction of sp³-hybridized carbons (Fsp3) is 0.545. The van der Waals surface area contributed by atoms with Crippen molar-refractivity contribution in [2.45, 2.75) is 69.6 Å². The second-order valence-corrected chi connectivity index (χ2v) is 13.3. The minimum Gasteiger partial charge on any atom is -0.394 e. The number of halogens is 2. The van der Waals surface area contributed by atoms with E-state index in [1.807, 2.05) is 30.3 Å². The third-order valence-corrected chi connectivity index (χ3v) is 10.2. The fourth-order valence-corrected chi connectivity index (χ4v) is 7.42. The number of hydrogen-bond donors (Lipinski definition) is 2. The van der Waals surface area contributed by atoms with E-state index >= 15 is 0 Å². The van der Waals surface area contributed by atoms with E-state index in [-0.39, 0.29) is 18.7 Å². The molecule has 2 aromatic carbocycles. The number of benzene rings is 1. The Balaban J connectivity index is 1.10. The van der Waals surface area contributed by atoms with Crippen molar-refractivity contribution in [1.82, 2.24) is 14.8 Å². The number of aliphatic hydroxyl groups is 1. The molecule has 2 atom stereocenters. The molecule has 0 amide bonds. The molecule has 3 fully saturated rings. The SMILES string of the molecule is CCC[C@H]1CN(c2ncc(N(C)c3c(NC4CC4)c(=O)c3=O)cc2Cl)CCN1C1CCN(C(CO)c2ccc(Cl)cc2)CC1. The average Bonchev–Trinajstić information content (AvgIpc) is 3.87. The molecule has 0 radical (unpaired) electrons. The van der Waals surface area contributed by atoms with Crippen molar-refractivity contribution < 1.29 is 5.11 Å². The van der Waals surface area contributed by atoms with Crippen LogP contribution in [0.2, 0.25) is 10.0 Å². The molecule has 2 aliphatic heterocycles. The monoisotopic (exact) mass is 640 g/mol. The summed E-state index contributed by atoms with van der Waals surface area (Å²) < 4.78 is 0. The lowest BCUT2D eigenvalue weighted by atomic mass is 9.95. The Morgan fingerprint density at radius 2 is 1.77 bits per heavy atom. The number of nitrogens with zero attached hydrogens (tertiary/aromatic N) is 5. The molecule has 236 valence electrons. The van der Waals surface area contributed by atoms with E-state index in [1.54, 1.807) is 18.1 Å². The van der Waals surface area contributed by atoms with Gasteiger partial charge < -0.3 is 20.2 Å². The molecular weight excluding hydrogens is 599 g/mol. The van der Waals surface area contributed by atoms with Crippen molar-refractivity contribution in [2.75, 3.05) is 61.5 Å². The summed E-state index contributed by atoms with van der Waals surface area (Å²) in [5, 5.41) is 14.7. The zero-order chi connectivity index (χ0) is 31.0. The van der Waals surface area contributed by atoms with Gasteiger partial charge in [-0.05, 0) is 55.9 Å². The Morgan fingerprint density at radius 3 is 2.41 bits per heavy atom. The molecule has 44 heavy (non-hydrogen) atoms. The van der Waals surface area contributed by atoms with Crippen LogP contribution in [0.3, 0.4) is 0 Å². The van der Waals surface area contributed by atoms with Crippen LogP contribution in [-0.2, 0) is 0 Å². The van der Waals surface area contributed by atoms with Crippen molar-refractivity contribution in [1.29, 1.82) is 0 Å². The standard InChI is InChI=1S/C33H42Cl2N6O3/c1-3-4-25-19-40(15-16-41(25)24-11-13-39(14-12-24)28(20-42)21-5-7-22(34)8-6-21)33-27(35)17-26(18-36-33)38(2)30-29(31(43)32(30)44)37-23-9-10-23/h5-8,17-18,23-25,28,37,42H,3-4,9-16,19-20H2,1-2H3/t25-,28?/m0/s1. The Hall–Kier alpha value is -2.69. The lowest BCUT2D eigenvalue weighted by Gasteiger charge is -2.48. The highest BCUT2D eigenvalue weighted by molar-refractivity contribution is 6.33. The van der Waals surface area contributed by atoms with Gasteiger partial charge in [0.2, 0.25) is 0 Å². The number of likely N-dealkylation sites (tertiary alicyclic amines) is 1. The predicted octanol–water partition coefficient (Wildman–Crippen LogP) is 4.82. The minimum absolute atomic E-state index is 0.00743. The van der Waals surface area contributed by atoms with Gasteiger partial charge in [0.1, 0.15) is 17.2 Å². The molecule has 0 bridgehead atoms. The molecule has 3 aliphatic rings. The molecule has 9 nitrogen and oxygen atoms in total. The van der Waals surface area contributed by atoms with Crippen LogP contribution in [0.5, 0.6) is 0 Å². The van der Waals surface area contributed by atoms with E-state index in [1.165, 1.54) is 0 Å². The maximum atomic E-state index is 12.4. The lowest BCUT2D eigenvalue weighted by Crippen LogP contribution is -2.58. The molecule has 2 N–H and O–H groups in total. The van der Waals surface area contributed by atoms with E-state index in [2.05, 4.69) is 26.9 Å². The molecule has 2 saturated heterocycles. The van der Waals surface area contributed by atoms with Gasteiger partial charge >= 0.3 is 0 Å². The number of rotatable bonds is 11. The van der Waals surface area contributed by atoms with Gasteiger partial charge in [-0.1, -0.05) is 48.7 Å². The zero-order valence-electron chi connectivity index (χ0n) is 25.5. The van der Waals surface area contributed by atoms with Gasteiger partial charge in [-0.15, -0.1) is 0 Å². The minimum atomic E-state index is -0.475. The number of anilines is 4. The molecule has 1 saturated carbocycles. The number of aromatic nitrogens is 1. The van der Waals surface area contributed by atoms with Crippen LogP contribution >= 0.6 is 23.2 Å². The average molecular weight is 642 g/mol. The predicted molar refractivity (Wildman–Crippen MR) is 179 cm³/mol. The quantitative estimate of drug-likeness (QED) is 0.286. The first kappa shape index (κ1) is 31.3. The summed E-state index contributed by atoms with van der Waals surface area (Å²) in [5.41, 5.74) is 1.65. The van der Waals surface area contributed by atoms with Crippen molar-refractivity contribution in [2.24, 2.45) is 0 Å². The van der Waals surface area contributed by atoms with Crippen molar-refractivity contribution in [3.8, 4) is 0 Å². The summed E-state index contributed by atoms with van der Waals surface area (Å²) >= 11 is 12.9. The smallest absolute Gasteiger partial charge is 0.253 e. The molecule has 3 aromatic rings. The van der Waals surface area contributed by atoms with Crippen LogP contribution in [0.4, 0.5) is 22.9 Å². The lowest BCUT2D eigenvalue weighted by molar-refractivity contribution is 0.0343. The van der Waals surface area contributed by atoms with Crippen molar-refractivity contribution in [3.63, 3.8) is 0 Å². The van der Waals surface area contributed by atoms with Gasteiger partial charge in [0, 0.05) is 62.9 Å². The summed E-state index contributed by atoms with van der Waals surface area (Å²) in [6.45, 7) is 6.85. The number of nitrogens with one attached hydrogen (secondary N) is 1. The van der Waals surface area contributed by atoms with Crippen LogP contribution in [0.1, 0.15) is 57.1 Å². The van der Waals surface area contributed by atoms with Crippen LogP contribution < -0.4 is 26.0 Å². The van der Waals surface area contributed by atoms with Gasteiger partial charge in [0.15, 0.2) is 0 Å². The maximum Gasteiger partial charge on any atom is 0.253 e. The first-order chi connectivity index (χ1) is 21.3. The third kappa shape index (κ3) is 6.35. The first-order valence-electron chi connectivity index (χ1n) is 15.9. The maximum absolute atomic E-state index is 12.4. The van der Waals surface area contributed by atoms with Crippen LogP contribution in [0.25, 0.3) is 0 Å². The normalized spacial score (nSPS) is 21.1. The van der Waals surface area contributed by atoms with Gasteiger partial charge in [-0.3, -0.25) is 19.4 Å². The van der Waals surface area contributed by atoms with Crippen molar-refractivity contribution >= 4 is 46.1 Å². The fourth-order valence-electron chi connectivity index (χ4n) is 7.01. The topological polar surface area (TPSA) is 92.2 Å². The summed E-state index contributed by atoms with van der Waals surface area (Å²) in [6.07, 6.45) is 8.11. The van der Waals surface area contributed by atoms with E-state index in [0.717, 1.165) is 82.6 Å². The summed E-state index contributed by atoms with van der Waals surface area (Å²) in [5.74, 6) is 0.759. The Bertz CT molecular complexity index is 1520. The van der Waals surface area contributed by atoms with Gasteiger partial charge in [0.25, 0.3) is 10.9 Å². The van der Waals surface area contributed by atoms with E-state index in [4.69, 9.17) is 28.2 Å². The number of piperazine rings is 1. The summed E-state index contributed by atoms with van der Waals surface area (Å²) in [7, 11) is 1.78. The molecule has 1 aromatic heterocycles. The first-order valence-corrected chi connectivity index (χ1v) is 16.6. The summed E-state index contributed by atoms with van der Waals surface area (Å²) in [4.78, 5) is 38.5. The van der Waals surface area contributed by atoms with Gasteiger partial charge in [-0.2, -0.15) is 0 Å². The second-order valence-electron chi connectivity index (χ2n) is 12.5. The largest absolute Gasteiger partial charge is 0.394 e. The second kappa shape index (κ2) is 13.3. The van der Waals surface area contributed by atoms with E-state index in [9.17, 15) is 14.7 Å². The molecule has 3 heterocycles. The molecule has 6 rings (SSSR count). The van der Waals surface area contributed by atoms with Crippen LogP contribution in [-0.4, -0.2) is 84.4 Å². The molecule has 1 aliphatic carbocycles. The Labute approximate surface area is 269 Å². The molecule has 11 heteroatoms. The van der Waals surface area contributed by atoms with Crippen molar-refractivity contribution in [3.05, 3.63) is 72.6 Å². The Kier molecular flexibility index (Phi) is 9.50. The van der Waals surface area contributed by atoms with E-state index in [0.29, 0.717) is 39.2 Å². The highest BCUT2D eigenvalue weighted by atomic mass is 35.5. The number of hydrogen-bond acceptors (Lipinski definition) is 9. The molecule has 0 spiro atoms. The number of aliphatic hydroxyl groups excluding tert-OH is 1. The van der Waals surface area contributed by atoms with Crippen LogP contribution in [0.15, 0.2) is 46.1 Å². The number of pyridine rings is 1. The highest BCUT2D eigenvalue weighted by Crippen LogP contribution is 2.36. The van der Waals surface area contributed by atoms with Gasteiger partial charge in [-0.25, -0.2) is 4.98 Å². The zero-order valence-corrected chi connectivity index (χ0v) is 27.0. The molecular formula is C33H42Cl2N6O3. The Morgan fingerprint density at radius 1 is 1.05 bits per heavy atom. The third-order valence-electron chi connectivity index (χ3n) is 9.63. The highest BCUT2D eigenvalue weighted by Gasteiger charge is 2.36. The summed E-state index contributed by atoms with van der Waals surface area (Å²) in [6, 6.07) is 10.8. The van der Waals surface area contributed by atoms with E-state index < -0.39 is 10.9 Å². The van der Waals surface area contributed by atoms with Crippen LogP contribution in [0, 0.1) is 0 Å².